The van der Waals surface area contributed by atoms with Crippen LogP contribution in [0.3, 0.4) is 0 Å². The largest absolute Gasteiger partial charge is 0.305 e. The molecule has 0 amide bonds. The highest BCUT2D eigenvalue weighted by Crippen LogP contribution is 2.32. The molecule has 1 fully saturated rings. The number of fused-ring (bicyclic) bond motifs is 1. The van der Waals surface area contributed by atoms with Gasteiger partial charge < -0.3 is 5.01 Å². The van der Waals surface area contributed by atoms with Gasteiger partial charge in [-0.2, -0.15) is 10.4 Å². The van der Waals surface area contributed by atoms with E-state index in [9.17, 15) is 5.26 Å². The maximum Gasteiger partial charge on any atom is 0.0998 e. The van der Waals surface area contributed by atoms with Gasteiger partial charge in [0.1, 0.15) is 0 Å². The van der Waals surface area contributed by atoms with Crippen molar-refractivity contribution in [2.24, 2.45) is 7.05 Å². The van der Waals surface area contributed by atoms with Crippen molar-refractivity contribution in [1.82, 2.24) is 14.8 Å². The van der Waals surface area contributed by atoms with Gasteiger partial charge in [0, 0.05) is 30.9 Å². The van der Waals surface area contributed by atoms with Crippen LogP contribution >= 0.6 is 0 Å². The zero-order valence-electron chi connectivity index (χ0n) is 15.3. The van der Waals surface area contributed by atoms with Crippen LogP contribution in [0, 0.1) is 18.3 Å². The molecule has 3 aromatic rings. The van der Waals surface area contributed by atoms with Gasteiger partial charge in [-0.25, -0.2) is 5.01 Å². The van der Waals surface area contributed by atoms with Crippen LogP contribution in [-0.2, 0) is 13.6 Å². The quantitative estimate of drug-likeness (QED) is 0.725. The van der Waals surface area contributed by atoms with Crippen LogP contribution in [-0.4, -0.2) is 27.9 Å². The van der Waals surface area contributed by atoms with E-state index in [1.807, 2.05) is 42.9 Å². The highest BCUT2D eigenvalue weighted by Gasteiger charge is 2.23. The molecule has 0 spiro atoms. The molecule has 0 unspecified atom stereocenters. The highest BCUT2D eigenvalue weighted by atomic mass is 15.6. The molecule has 0 N–H and O–H groups in total. The normalized spacial score (nSPS) is 15.3. The first-order chi connectivity index (χ1) is 12.7. The molecule has 4 rings (SSSR count). The molecule has 26 heavy (non-hydrogen) atoms. The third-order valence-corrected chi connectivity index (χ3v) is 5.12. The summed E-state index contributed by atoms with van der Waals surface area (Å²) < 4.78 is 1.97. The molecular formula is C21H23N5. The van der Waals surface area contributed by atoms with Gasteiger partial charge in [0.2, 0.25) is 0 Å². The lowest BCUT2D eigenvalue weighted by molar-refractivity contribution is 0.200. The van der Waals surface area contributed by atoms with Crippen molar-refractivity contribution >= 4 is 16.5 Å². The van der Waals surface area contributed by atoms with Gasteiger partial charge in [-0.3, -0.25) is 4.68 Å². The summed E-state index contributed by atoms with van der Waals surface area (Å²) in [5, 5.41) is 20.9. The van der Waals surface area contributed by atoms with Gasteiger partial charge in [0.25, 0.3) is 0 Å². The molecule has 132 valence electrons. The van der Waals surface area contributed by atoms with Crippen LogP contribution in [0.2, 0.25) is 0 Å². The van der Waals surface area contributed by atoms with E-state index in [4.69, 9.17) is 0 Å². The molecule has 1 aliphatic heterocycles. The van der Waals surface area contributed by atoms with E-state index in [1.165, 1.54) is 24.2 Å². The second kappa shape index (κ2) is 6.81. The van der Waals surface area contributed by atoms with Crippen LogP contribution < -0.4 is 5.01 Å². The van der Waals surface area contributed by atoms with E-state index < -0.39 is 0 Å². The summed E-state index contributed by atoms with van der Waals surface area (Å²) in [6, 6.07) is 16.7. The van der Waals surface area contributed by atoms with E-state index in [1.54, 1.807) is 0 Å². The van der Waals surface area contributed by atoms with Crippen LogP contribution in [0.5, 0.6) is 0 Å². The Kier molecular flexibility index (Phi) is 4.36. The second-order valence-electron chi connectivity index (χ2n) is 6.91. The SMILES string of the molecule is Cc1cc(CN2CCCCN2c2ccc(C#N)c3ccccc23)n(C)n1. The topological polar surface area (TPSA) is 48.1 Å². The number of rotatable bonds is 3. The molecule has 2 aromatic carbocycles. The van der Waals surface area contributed by atoms with Gasteiger partial charge in [-0.1, -0.05) is 24.3 Å². The van der Waals surface area contributed by atoms with Crippen molar-refractivity contribution in [3.8, 4) is 6.07 Å². The Hall–Kier alpha value is -2.84. The van der Waals surface area contributed by atoms with Crippen LogP contribution in [0.4, 0.5) is 5.69 Å². The van der Waals surface area contributed by atoms with E-state index in [2.05, 4.69) is 39.4 Å². The minimum absolute atomic E-state index is 0.732. The minimum Gasteiger partial charge on any atom is -0.305 e. The van der Waals surface area contributed by atoms with Crippen LogP contribution in [0.25, 0.3) is 10.8 Å². The predicted molar refractivity (Wildman–Crippen MR) is 104 cm³/mol. The lowest BCUT2D eigenvalue weighted by Crippen LogP contribution is -2.47. The second-order valence-corrected chi connectivity index (χ2v) is 6.91. The van der Waals surface area contributed by atoms with Gasteiger partial charge in [0.15, 0.2) is 0 Å². The number of hydrogen-bond donors (Lipinski definition) is 0. The Morgan fingerprint density at radius 3 is 2.58 bits per heavy atom. The Morgan fingerprint density at radius 1 is 1.08 bits per heavy atom. The molecule has 1 saturated heterocycles. The third kappa shape index (κ3) is 2.93. The lowest BCUT2D eigenvalue weighted by atomic mass is 10.0. The van der Waals surface area contributed by atoms with Crippen molar-refractivity contribution in [2.75, 3.05) is 18.1 Å². The molecule has 0 atom stereocenters. The number of nitrogens with zero attached hydrogens (tertiary/aromatic N) is 5. The molecule has 5 heteroatoms. The van der Waals surface area contributed by atoms with Crippen molar-refractivity contribution < 1.29 is 0 Å². The number of aromatic nitrogens is 2. The molecule has 0 aliphatic carbocycles. The number of hydrogen-bond acceptors (Lipinski definition) is 4. The molecule has 1 aliphatic rings. The number of nitriles is 1. The third-order valence-electron chi connectivity index (χ3n) is 5.12. The summed E-state index contributed by atoms with van der Waals surface area (Å²) in [5.74, 6) is 0. The van der Waals surface area contributed by atoms with Gasteiger partial charge in [-0.15, -0.1) is 0 Å². The highest BCUT2D eigenvalue weighted by molar-refractivity contribution is 5.97. The average molecular weight is 345 g/mol. The van der Waals surface area contributed by atoms with Crippen LogP contribution in [0.1, 0.15) is 29.8 Å². The summed E-state index contributed by atoms with van der Waals surface area (Å²) in [7, 11) is 2.01. The predicted octanol–water partition coefficient (Wildman–Crippen LogP) is 3.77. The van der Waals surface area contributed by atoms with Gasteiger partial charge in [0.05, 0.1) is 35.3 Å². The van der Waals surface area contributed by atoms with Crippen LogP contribution in [0.15, 0.2) is 42.5 Å². The summed E-state index contributed by atoms with van der Waals surface area (Å²) in [6.45, 7) is 4.89. The maximum absolute atomic E-state index is 9.43. The first kappa shape index (κ1) is 16.6. The molecular weight excluding hydrogens is 322 g/mol. The summed E-state index contributed by atoms with van der Waals surface area (Å²) in [5.41, 5.74) is 4.18. The summed E-state index contributed by atoms with van der Waals surface area (Å²) in [6.07, 6.45) is 2.37. The minimum atomic E-state index is 0.732. The number of hydrazine groups is 1. The lowest BCUT2D eigenvalue weighted by Gasteiger charge is -2.41. The Bertz CT molecular complexity index is 982. The smallest absolute Gasteiger partial charge is 0.0998 e. The van der Waals surface area contributed by atoms with E-state index >= 15 is 0 Å². The maximum atomic E-state index is 9.43. The number of benzene rings is 2. The Balaban J connectivity index is 1.74. The average Bonchev–Trinajstić information content (AvgIpc) is 2.98. The molecule has 0 radical (unpaired) electrons. The molecule has 5 nitrogen and oxygen atoms in total. The Morgan fingerprint density at radius 2 is 1.85 bits per heavy atom. The van der Waals surface area contributed by atoms with Crippen molar-refractivity contribution in [3.63, 3.8) is 0 Å². The fourth-order valence-electron chi connectivity index (χ4n) is 3.86. The van der Waals surface area contributed by atoms with Crippen molar-refractivity contribution in [3.05, 3.63) is 59.4 Å². The Labute approximate surface area is 154 Å². The summed E-state index contributed by atoms with van der Waals surface area (Å²) in [4.78, 5) is 0. The van der Waals surface area contributed by atoms with E-state index in [-0.39, 0.29) is 0 Å². The van der Waals surface area contributed by atoms with Crippen molar-refractivity contribution in [2.45, 2.75) is 26.3 Å². The zero-order chi connectivity index (χ0) is 18.1. The van der Waals surface area contributed by atoms with Gasteiger partial charge >= 0.3 is 0 Å². The first-order valence-corrected chi connectivity index (χ1v) is 9.11. The summed E-state index contributed by atoms with van der Waals surface area (Å²) >= 11 is 0. The molecule has 0 bridgehead atoms. The standard InChI is InChI=1S/C21H23N5/c1-16-13-18(24(2)23-16)15-25-11-5-6-12-26(25)21-10-9-17(14-22)19-7-3-4-8-20(19)21/h3-4,7-10,13H,5-6,11-12,15H2,1-2H3. The number of aryl methyl sites for hydroxylation is 2. The van der Waals surface area contributed by atoms with E-state index in [0.29, 0.717) is 0 Å². The fraction of sp³-hybridized carbons (Fsp3) is 0.333. The first-order valence-electron chi connectivity index (χ1n) is 9.11. The number of anilines is 1. The molecule has 1 aromatic heterocycles. The fourth-order valence-corrected chi connectivity index (χ4v) is 3.86. The monoisotopic (exact) mass is 345 g/mol. The molecule has 0 saturated carbocycles. The van der Waals surface area contributed by atoms with Crippen molar-refractivity contribution in [1.29, 1.82) is 5.26 Å². The van der Waals surface area contributed by atoms with E-state index in [0.717, 1.165) is 41.7 Å². The zero-order valence-corrected chi connectivity index (χ0v) is 15.3. The molecule has 2 heterocycles. The van der Waals surface area contributed by atoms with Gasteiger partial charge in [-0.05, 0) is 38.0 Å².